The van der Waals surface area contributed by atoms with Crippen LogP contribution in [0.2, 0.25) is 0 Å². The molecule has 1 fully saturated rings. The molecule has 0 amide bonds. The molecule has 0 atom stereocenters. The number of nitrogens with zero attached hydrogens (tertiary/aromatic N) is 4. The Morgan fingerprint density at radius 2 is 1.68 bits per heavy atom. The highest BCUT2D eigenvalue weighted by Crippen LogP contribution is 2.38. The van der Waals surface area contributed by atoms with Crippen LogP contribution in [0, 0.1) is 13.8 Å². The molecule has 1 aliphatic carbocycles. The van der Waals surface area contributed by atoms with Crippen molar-refractivity contribution in [2.75, 3.05) is 50.8 Å². The molecule has 202 valence electrons. The maximum absolute atomic E-state index is 6.14. The lowest BCUT2D eigenvalue weighted by molar-refractivity contribution is 0.0987. The normalized spacial score (nSPS) is 15.3. The van der Waals surface area contributed by atoms with E-state index in [0.717, 1.165) is 81.9 Å². The van der Waals surface area contributed by atoms with Crippen LogP contribution in [0.3, 0.4) is 0 Å². The maximum atomic E-state index is 6.14. The van der Waals surface area contributed by atoms with Crippen molar-refractivity contribution in [3.63, 3.8) is 0 Å². The van der Waals surface area contributed by atoms with E-state index in [1.165, 1.54) is 47.1 Å². The number of unbranched alkanes of at least 4 members (excludes halogenated alkanes) is 2. The summed E-state index contributed by atoms with van der Waals surface area (Å²) in [5.41, 5.74) is 7.38. The highest BCUT2D eigenvalue weighted by Gasteiger charge is 2.27. The van der Waals surface area contributed by atoms with Gasteiger partial charge in [0.2, 0.25) is 0 Å². The fourth-order valence-electron chi connectivity index (χ4n) is 5.44. The van der Waals surface area contributed by atoms with E-state index in [4.69, 9.17) is 19.4 Å². The molecule has 1 aromatic heterocycles. The summed E-state index contributed by atoms with van der Waals surface area (Å²) in [7, 11) is 0. The van der Waals surface area contributed by atoms with Gasteiger partial charge in [-0.2, -0.15) is 0 Å². The van der Waals surface area contributed by atoms with Crippen LogP contribution in [0.25, 0.3) is 11.3 Å². The van der Waals surface area contributed by atoms with E-state index in [-0.39, 0.29) is 0 Å². The summed E-state index contributed by atoms with van der Waals surface area (Å²) in [5, 5.41) is 0. The van der Waals surface area contributed by atoms with E-state index in [0.29, 0.717) is 6.61 Å². The van der Waals surface area contributed by atoms with Crippen molar-refractivity contribution >= 4 is 5.82 Å². The Morgan fingerprint density at radius 1 is 0.868 bits per heavy atom. The second-order valence-electron chi connectivity index (χ2n) is 10.7. The van der Waals surface area contributed by atoms with Gasteiger partial charge in [0.1, 0.15) is 24.0 Å². The minimum atomic E-state index is 0.581. The number of ether oxygens (including phenoxy) is 2. The maximum Gasteiger partial charge on any atom is 0.136 e. The van der Waals surface area contributed by atoms with E-state index >= 15 is 0 Å². The molecule has 1 aliphatic heterocycles. The lowest BCUT2D eigenvalue weighted by Gasteiger charge is -2.37. The molecule has 3 aromatic rings. The van der Waals surface area contributed by atoms with Gasteiger partial charge in [-0.25, -0.2) is 9.97 Å². The first kappa shape index (κ1) is 26.6. The molecule has 0 bridgehead atoms. The molecule has 5 rings (SSSR count). The van der Waals surface area contributed by atoms with Gasteiger partial charge in [0.15, 0.2) is 0 Å². The van der Waals surface area contributed by atoms with Crippen LogP contribution in [-0.4, -0.2) is 60.8 Å². The number of benzene rings is 2. The van der Waals surface area contributed by atoms with Crippen molar-refractivity contribution in [1.29, 1.82) is 0 Å². The summed E-state index contributed by atoms with van der Waals surface area (Å²) in [5.74, 6) is 2.90. The van der Waals surface area contributed by atoms with E-state index in [9.17, 15) is 0 Å². The van der Waals surface area contributed by atoms with E-state index in [1.54, 1.807) is 0 Å². The third-order valence-electron chi connectivity index (χ3n) is 7.72. The topological polar surface area (TPSA) is 50.7 Å². The number of anilines is 1. The molecular weight excluding hydrogens is 472 g/mol. The second-order valence-corrected chi connectivity index (χ2v) is 10.7. The molecule has 6 heteroatoms. The molecule has 2 heterocycles. The highest BCUT2D eigenvalue weighted by molar-refractivity contribution is 5.75. The monoisotopic (exact) mass is 514 g/mol. The Kier molecular flexibility index (Phi) is 8.92. The molecule has 0 N–H and O–H groups in total. The summed E-state index contributed by atoms with van der Waals surface area (Å²) in [4.78, 5) is 14.9. The summed E-state index contributed by atoms with van der Waals surface area (Å²) >= 11 is 0. The molecule has 2 aromatic carbocycles. The van der Waals surface area contributed by atoms with Gasteiger partial charge in [0, 0.05) is 50.5 Å². The largest absolute Gasteiger partial charge is 0.489 e. The standard InChI is InChI=1S/C32H42N4O2/c1-4-5-6-20-37-21-19-35-15-17-36(18-16-35)32-30-13-11-27-22-28(38-23-26-9-7-24(2)8-10-26)12-14-29(27)31(30)33-25(3)34-32/h7-10,12,14,22H,4-6,11,13,15-21,23H2,1-3H3. The first-order valence-corrected chi connectivity index (χ1v) is 14.3. The Hall–Kier alpha value is -2.96. The van der Waals surface area contributed by atoms with Crippen LogP contribution in [-0.2, 0) is 24.2 Å². The Bertz CT molecular complexity index is 1200. The highest BCUT2D eigenvalue weighted by atomic mass is 16.5. The number of fused-ring (bicyclic) bond motifs is 3. The van der Waals surface area contributed by atoms with Gasteiger partial charge < -0.3 is 14.4 Å². The van der Waals surface area contributed by atoms with Crippen molar-refractivity contribution in [3.05, 3.63) is 70.5 Å². The molecule has 2 aliphatic rings. The predicted molar refractivity (Wildman–Crippen MR) is 154 cm³/mol. The summed E-state index contributed by atoms with van der Waals surface area (Å²) in [6.07, 6.45) is 5.62. The van der Waals surface area contributed by atoms with Gasteiger partial charge in [0.05, 0.1) is 12.3 Å². The van der Waals surface area contributed by atoms with Gasteiger partial charge in [-0.15, -0.1) is 0 Å². The van der Waals surface area contributed by atoms with Crippen LogP contribution in [0.4, 0.5) is 5.82 Å². The zero-order valence-electron chi connectivity index (χ0n) is 23.3. The van der Waals surface area contributed by atoms with Crippen LogP contribution in [0.15, 0.2) is 42.5 Å². The fourth-order valence-corrected chi connectivity index (χ4v) is 5.44. The third kappa shape index (κ3) is 6.54. The van der Waals surface area contributed by atoms with Crippen LogP contribution in [0.1, 0.15) is 54.3 Å². The number of hydrogen-bond acceptors (Lipinski definition) is 6. The predicted octanol–water partition coefficient (Wildman–Crippen LogP) is 5.77. The first-order chi connectivity index (χ1) is 18.6. The minimum Gasteiger partial charge on any atom is -0.489 e. The lowest BCUT2D eigenvalue weighted by Crippen LogP contribution is -2.48. The Balaban J connectivity index is 1.22. The first-order valence-electron chi connectivity index (χ1n) is 14.3. The van der Waals surface area contributed by atoms with Gasteiger partial charge in [-0.3, -0.25) is 4.90 Å². The Labute approximate surface area is 228 Å². The molecule has 6 nitrogen and oxygen atoms in total. The number of rotatable bonds is 11. The summed E-state index contributed by atoms with van der Waals surface area (Å²) in [6.45, 7) is 13.8. The fraction of sp³-hybridized carbons (Fsp3) is 0.500. The van der Waals surface area contributed by atoms with Crippen LogP contribution < -0.4 is 9.64 Å². The zero-order valence-corrected chi connectivity index (χ0v) is 23.3. The van der Waals surface area contributed by atoms with E-state index < -0.39 is 0 Å². The van der Waals surface area contributed by atoms with Gasteiger partial charge in [-0.05, 0) is 62.4 Å². The quantitative estimate of drug-likeness (QED) is 0.303. The van der Waals surface area contributed by atoms with Crippen molar-refractivity contribution in [1.82, 2.24) is 14.9 Å². The molecule has 0 spiro atoms. The average Bonchev–Trinajstić information content (AvgIpc) is 2.94. The average molecular weight is 515 g/mol. The van der Waals surface area contributed by atoms with Crippen molar-refractivity contribution in [2.45, 2.75) is 59.5 Å². The van der Waals surface area contributed by atoms with Gasteiger partial charge in [-0.1, -0.05) is 49.6 Å². The number of aromatic nitrogens is 2. The van der Waals surface area contributed by atoms with Gasteiger partial charge >= 0.3 is 0 Å². The Morgan fingerprint density at radius 3 is 2.47 bits per heavy atom. The molecule has 0 unspecified atom stereocenters. The smallest absolute Gasteiger partial charge is 0.136 e. The number of piperazine rings is 1. The number of aryl methyl sites for hydroxylation is 3. The van der Waals surface area contributed by atoms with Crippen molar-refractivity contribution in [2.24, 2.45) is 0 Å². The van der Waals surface area contributed by atoms with E-state index in [2.05, 4.69) is 66.1 Å². The molecule has 38 heavy (non-hydrogen) atoms. The number of hydrogen-bond donors (Lipinski definition) is 0. The molecular formula is C32H42N4O2. The van der Waals surface area contributed by atoms with Crippen LogP contribution >= 0.6 is 0 Å². The van der Waals surface area contributed by atoms with Crippen molar-refractivity contribution in [3.8, 4) is 17.0 Å². The van der Waals surface area contributed by atoms with Crippen LogP contribution in [0.5, 0.6) is 5.75 Å². The summed E-state index contributed by atoms with van der Waals surface area (Å²) in [6, 6.07) is 15.0. The second kappa shape index (κ2) is 12.7. The van der Waals surface area contributed by atoms with Gasteiger partial charge in [0.25, 0.3) is 0 Å². The van der Waals surface area contributed by atoms with E-state index in [1.807, 2.05) is 6.92 Å². The molecule has 1 saturated heterocycles. The lowest BCUT2D eigenvalue weighted by atomic mass is 9.88. The molecule has 0 radical (unpaired) electrons. The molecule has 0 saturated carbocycles. The zero-order chi connectivity index (χ0) is 26.3. The van der Waals surface area contributed by atoms with Crippen molar-refractivity contribution < 1.29 is 9.47 Å². The minimum absolute atomic E-state index is 0.581. The summed E-state index contributed by atoms with van der Waals surface area (Å²) < 4.78 is 12.0. The third-order valence-corrected chi connectivity index (χ3v) is 7.72. The SMILES string of the molecule is CCCCCOCCN1CCN(c2nc(C)nc3c2CCc2cc(OCc4ccc(C)cc4)ccc2-3)CC1.